The summed E-state index contributed by atoms with van der Waals surface area (Å²) in [7, 11) is 0. The third-order valence-corrected chi connectivity index (χ3v) is 19.9. The number of nitrogens with one attached hydrogen (secondary N) is 4. The molecule has 0 spiro atoms. The summed E-state index contributed by atoms with van der Waals surface area (Å²) in [6, 6.07) is 67.5. The van der Waals surface area contributed by atoms with Crippen LogP contribution in [0.2, 0.25) is 0 Å². The quantitative estimate of drug-likeness (QED) is 0.0144. The molecule has 0 aromatic heterocycles. The minimum absolute atomic E-state index is 0. The minimum Gasteiger partial charge on any atom is -0.504 e. The first kappa shape index (κ1) is 116. The summed E-state index contributed by atoms with van der Waals surface area (Å²) in [6.45, 7) is 13.8. The van der Waals surface area contributed by atoms with Gasteiger partial charge in [0.15, 0.2) is 23.1 Å². The number of piperidine rings is 4. The zero-order chi connectivity index (χ0) is 89.5. The Balaban J connectivity index is 0.000000396. The number of allylic oxidation sites excluding steroid dienone is 8. The number of ketones is 4. The molecule has 8 N–H and O–H groups in total. The van der Waals surface area contributed by atoms with Crippen molar-refractivity contribution in [3.05, 3.63) is 331 Å². The van der Waals surface area contributed by atoms with Gasteiger partial charge in [-0.2, -0.15) is 52.7 Å². The monoisotopic (exact) mass is 2310 g/mol. The Bertz CT molecular complexity index is 5020. The Hall–Kier alpha value is -5.54. The van der Waals surface area contributed by atoms with Gasteiger partial charge in [0.25, 0.3) is 0 Å². The maximum absolute atomic E-state index is 12.6. The molecule has 0 amide bonds. The molecule has 678 valence electrons. The molecule has 12 nitrogen and oxygen atoms in total. The van der Waals surface area contributed by atoms with Crippen LogP contribution in [-0.4, -0.2) is 121 Å². The number of benzene rings is 9. The Morgan fingerprint density at radius 3 is 0.858 bits per heavy atom. The molecule has 9 aromatic carbocycles. The van der Waals surface area contributed by atoms with Crippen molar-refractivity contribution in [1.82, 2.24) is 21.3 Å². The van der Waals surface area contributed by atoms with E-state index in [1.165, 1.54) is 172 Å². The molecular formula is C99H102Eu4F12N4O8. The van der Waals surface area contributed by atoms with Crippen molar-refractivity contribution in [2.24, 2.45) is 0 Å². The molecule has 14 rings (SSSR count). The van der Waals surface area contributed by atoms with Gasteiger partial charge in [-0.25, -0.2) is 0 Å². The first-order valence-electron chi connectivity index (χ1n) is 40.5. The van der Waals surface area contributed by atoms with E-state index in [-0.39, 0.29) is 220 Å². The Kier molecular flexibility index (Phi) is 54.5. The SMILES string of the molecule is C1CCNCC1.C1CCNCC1.C1CCNCC1.C1CCNCC1.CC(C(=O)c1ccc(-c2ccc(-c3ccccc3)cc2)cc1)=C(O)C(F)(F)F.CC(C(=O)c1ccc(/C=C/c2ccccc2)cc1)=C(O)C(F)(F)F.CC(C(=O)c1ccc(C#Cc2ccccc2)cc1)=C(O)C(F)(F)F.CC(C(=O)c1ccc2c(c1)Cc1ccccc1-2)=C(O)C(F)(F)F.[Eu].[Eu].[Eu].[Eu]. The van der Waals surface area contributed by atoms with Crippen LogP contribution in [-0.2, 0) is 6.42 Å². The fraction of sp³-hybridized carbons (Fsp3) is 0.293. The molecule has 0 bridgehead atoms. The molecule has 0 saturated carbocycles. The molecule has 9 aromatic rings. The van der Waals surface area contributed by atoms with E-state index in [1.54, 1.807) is 48.5 Å². The first-order chi connectivity index (χ1) is 58.6. The van der Waals surface area contributed by atoms with Gasteiger partial charge in [-0.3, -0.25) is 19.2 Å². The van der Waals surface area contributed by atoms with Crippen LogP contribution >= 0.6 is 0 Å². The zero-order valence-corrected chi connectivity index (χ0v) is 80.1. The van der Waals surface area contributed by atoms with E-state index in [2.05, 4.69) is 33.1 Å². The average molecular weight is 2310 g/mol. The summed E-state index contributed by atoms with van der Waals surface area (Å²) in [5.74, 6) is -5.02. The fourth-order valence-electron chi connectivity index (χ4n) is 12.8. The molecule has 28 heteroatoms. The summed E-state index contributed by atoms with van der Waals surface area (Å²) < 4.78 is 150. The van der Waals surface area contributed by atoms with Gasteiger partial charge in [0.1, 0.15) is 0 Å². The van der Waals surface area contributed by atoms with Gasteiger partial charge in [0.2, 0.25) is 23.0 Å². The number of hydrogen-bond donors (Lipinski definition) is 8. The number of Topliss-reactive ketones (excluding diaryl/α,β-unsaturated/α-hetero) is 4. The number of hydrogen-bond acceptors (Lipinski definition) is 12. The molecule has 4 fully saturated rings. The number of carbonyl (C=O) groups is 4. The predicted octanol–water partition coefficient (Wildman–Crippen LogP) is 24.6. The van der Waals surface area contributed by atoms with Crippen molar-refractivity contribution in [1.29, 1.82) is 0 Å². The predicted molar refractivity (Wildman–Crippen MR) is 462 cm³/mol. The maximum atomic E-state index is 12.6. The third-order valence-electron chi connectivity index (χ3n) is 19.9. The number of rotatable bonds is 12. The van der Waals surface area contributed by atoms with Gasteiger partial charge in [0, 0.05) is 253 Å². The van der Waals surface area contributed by atoms with Crippen LogP contribution in [0.1, 0.15) is 180 Å². The van der Waals surface area contributed by atoms with E-state index in [1.807, 2.05) is 152 Å². The third kappa shape index (κ3) is 40.4. The second-order valence-electron chi connectivity index (χ2n) is 29.2. The van der Waals surface area contributed by atoms with E-state index in [0.717, 1.165) is 88.9 Å². The van der Waals surface area contributed by atoms with E-state index in [9.17, 15) is 77.0 Å². The van der Waals surface area contributed by atoms with Crippen molar-refractivity contribution in [2.75, 3.05) is 52.4 Å². The van der Waals surface area contributed by atoms with Gasteiger partial charge in [-0.15, -0.1) is 0 Å². The van der Waals surface area contributed by atoms with Gasteiger partial charge in [-0.05, 0) is 236 Å². The molecule has 4 radical (unpaired) electrons. The van der Waals surface area contributed by atoms with Gasteiger partial charge < -0.3 is 41.7 Å². The number of alkyl halides is 12. The van der Waals surface area contributed by atoms with Crippen LogP contribution in [0.25, 0.3) is 45.5 Å². The van der Waals surface area contributed by atoms with Crippen molar-refractivity contribution >= 4 is 35.3 Å². The number of aliphatic hydroxyl groups excluding tert-OH is 4. The Labute approximate surface area is 898 Å². The summed E-state index contributed by atoms with van der Waals surface area (Å²) in [4.78, 5) is 48.3. The number of aliphatic hydroxyl groups is 4. The van der Waals surface area contributed by atoms with E-state index in [0.29, 0.717) is 12.0 Å². The van der Waals surface area contributed by atoms with Gasteiger partial charge >= 0.3 is 24.7 Å². The van der Waals surface area contributed by atoms with Crippen molar-refractivity contribution in [3.8, 4) is 45.2 Å². The molecule has 4 saturated heterocycles. The molecule has 4 heterocycles. The average Bonchev–Trinajstić information content (AvgIpc) is 1.63. The summed E-state index contributed by atoms with van der Waals surface area (Å²) in [5, 5.41) is 49.6. The molecule has 5 aliphatic rings. The van der Waals surface area contributed by atoms with Gasteiger partial charge in [-0.1, -0.05) is 238 Å². The standard InChI is InChI=1S/C23H17F3O2.C19H15F3O2.C19H13F3O2.C18H13F3O2.4C5H11N.4Eu/c1-15(22(28)23(24,25)26)21(27)20-13-11-19(12-14-20)18-9-7-17(8-10-18)16-5-3-2-4-6-16;2*1-13(18(24)19(20,21)22)17(23)16-11-9-15(10-12-16)8-7-14-5-3-2-4-6-14;1-10(17(23)18(19,20)21)16(22)12-6-7-15-13(9-12)8-11-4-2-3-5-14(11)15;4*1-2-4-6-5-3-1;;;;/h2-14,28H,1H3;2-12,24H,1H3;2-6,9-12,24H,1H3;2-7,9,23H,8H2,1H3;4*6H,1-5H2;;;;/b;8-7+,18-13?;;;;;;;;;;. The summed E-state index contributed by atoms with van der Waals surface area (Å²) in [5.41, 5.74) is 8.72. The Morgan fingerprint density at radius 1 is 0.283 bits per heavy atom. The topological polar surface area (TPSA) is 197 Å². The van der Waals surface area contributed by atoms with Crippen LogP contribution < -0.4 is 21.3 Å². The second kappa shape index (κ2) is 59.9. The van der Waals surface area contributed by atoms with Crippen LogP contribution in [0.5, 0.6) is 0 Å². The van der Waals surface area contributed by atoms with Crippen molar-refractivity contribution < 1.29 is 290 Å². The molecule has 1 aliphatic carbocycles. The maximum Gasteiger partial charge on any atom is 0.449 e. The zero-order valence-electron chi connectivity index (χ0n) is 70.4. The van der Waals surface area contributed by atoms with E-state index in [4.69, 9.17) is 15.3 Å². The Morgan fingerprint density at radius 2 is 0.535 bits per heavy atom. The smallest absolute Gasteiger partial charge is 0.449 e. The van der Waals surface area contributed by atoms with Gasteiger partial charge in [0.05, 0.1) is 0 Å². The number of carbonyl (C=O) groups excluding carboxylic acids is 4. The molecule has 4 aliphatic heterocycles. The van der Waals surface area contributed by atoms with E-state index < -0.39 is 93.2 Å². The van der Waals surface area contributed by atoms with Crippen LogP contribution in [0.4, 0.5) is 52.7 Å². The van der Waals surface area contributed by atoms with Crippen LogP contribution in [0.3, 0.4) is 0 Å². The van der Waals surface area contributed by atoms with Crippen molar-refractivity contribution in [2.45, 2.75) is 136 Å². The second-order valence-corrected chi connectivity index (χ2v) is 29.2. The fourth-order valence-corrected chi connectivity index (χ4v) is 12.8. The van der Waals surface area contributed by atoms with Crippen LogP contribution in [0.15, 0.2) is 276 Å². The summed E-state index contributed by atoms with van der Waals surface area (Å²) >= 11 is 0. The molecule has 0 atom stereocenters. The largest absolute Gasteiger partial charge is 0.504 e. The molecule has 127 heavy (non-hydrogen) atoms. The molecular weight excluding hydrogens is 2210 g/mol. The van der Waals surface area contributed by atoms with Crippen LogP contribution in [0, 0.1) is 209 Å². The van der Waals surface area contributed by atoms with Crippen molar-refractivity contribution in [3.63, 3.8) is 0 Å². The number of halogens is 12. The molecule has 0 unspecified atom stereocenters. The first-order valence-corrected chi connectivity index (χ1v) is 40.5. The summed E-state index contributed by atoms with van der Waals surface area (Å²) in [6.07, 6.45) is 1.48. The normalized spacial score (nSPS) is 14.6. The minimum atomic E-state index is -4.94. The van der Waals surface area contributed by atoms with E-state index >= 15 is 0 Å². The number of fused-ring (bicyclic) bond motifs is 3.